The standard InChI is InChI=1S/C21H29N3O4/c1-3-28-17-9-7-16(8-10-17)15-23(2)18(25)11-14-24-19(26)21(22-20(24)27)12-5-4-6-13-21/h7-10H,3-6,11-15H2,1-2H3,(H,22,27). The minimum atomic E-state index is -0.730. The van der Waals surface area contributed by atoms with E-state index < -0.39 is 5.54 Å². The fraction of sp³-hybridized carbons (Fsp3) is 0.571. The van der Waals surface area contributed by atoms with Crippen molar-refractivity contribution >= 4 is 17.8 Å². The van der Waals surface area contributed by atoms with Crippen LogP contribution < -0.4 is 10.1 Å². The summed E-state index contributed by atoms with van der Waals surface area (Å²) in [6.45, 7) is 3.14. The third-order valence-corrected chi connectivity index (χ3v) is 5.58. The molecule has 0 atom stereocenters. The normalized spacial score (nSPS) is 18.3. The first-order chi connectivity index (χ1) is 13.4. The highest BCUT2D eigenvalue weighted by Crippen LogP contribution is 2.33. The zero-order valence-corrected chi connectivity index (χ0v) is 16.7. The molecule has 1 aromatic rings. The van der Waals surface area contributed by atoms with Gasteiger partial charge in [0, 0.05) is 26.6 Å². The molecule has 1 aliphatic heterocycles. The summed E-state index contributed by atoms with van der Waals surface area (Å²) in [5, 5.41) is 2.88. The monoisotopic (exact) mass is 387 g/mol. The lowest BCUT2D eigenvalue weighted by atomic mass is 9.82. The molecular weight excluding hydrogens is 358 g/mol. The van der Waals surface area contributed by atoms with Gasteiger partial charge in [-0.2, -0.15) is 0 Å². The van der Waals surface area contributed by atoms with Crippen LogP contribution in [0.3, 0.4) is 0 Å². The number of nitrogens with one attached hydrogen (secondary N) is 1. The predicted molar refractivity (Wildman–Crippen MR) is 105 cm³/mol. The molecule has 3 rings (SSSR count). The molecule has 7 heteroatoms. The maximum Gasteiger partial charge on any atom is 0.325 e. The van der Waals surface area contributed by atoms with Crippen molar-refractivity contribution in [3.63, 3.8) is 0 Å². The van der Waals surface area contributed by atoms with Gasteiger partial charge in [0.1, 0.15) is 11.3 Å². The second-order valence-corrected chi connectivity index (χ2v) is 7.61. The second-order valence-electron chi connectivity index (χ2n) is 7.61. The summed E-state index contributed by atoms with van der Waals surface area (Å²) >= 11 is 0. The summed E-state index contributed by atoms with van der Waals surface area (Å²) in [5.74, 6) is 0.536. The number of urea groups is 1. The van der Waals surface area contributed by atoms with Gasteiger partial charge in [0.25, 0.3) is 5.91 Å². The van der Waals surface area contributed by atoms with E-state index in [1.165, 1.54) is 4.90 Å². The van der Waals surface area contributed by atoms with Crippen LogP contribution in [0, 0.1) is 0 Å². The van der Waals surface area contributed by atoms with Gasteiger partial charge in [0.2, 0.25) is 5.91 Å². The summed E-state index contributed by atoms with van der Waals surface area (Å²) in [5.41, 5.74) is 0.266. The highest BCUT2D eigenvalue weighted by molar-refractivity contribution is 6.07. The van der Waals surface area contributed by atoms with Crippen LogP contribution in [0.2, 0.25) is 0 Å². The number of hydrogen-bond donors (Lipinski definition) is 1. The van der Waals surface area contributed by atoms with Crippen LogP contribution in [-0.4, -0.2) is 53.4 Å². The van der Waals surface area contributed by atoms with E-state index in [-0.39, 0.29) is 30.8 Å². The van der Waals surface area contributed by atoms with Crippen molar-refractivity contribution in [2.24, 2.45) is 0 Å². The van der Waals surface area contributed by atoms with Gasteiger partial charge in [0.15, 0.2) is 0 Å². The van der Waals surface area contributed by atoms with Gasteiger partial charge in [0.05, 0.1) is 6.61 Å². The van der Waals surface area contributed by atoms with Crippen molar-refractivity contribution in [3.05, 3.63) is 29.8 Å². The lowest BCUT2D eigenvalue weighted by Gasteiger charge is -2.30. The van der Waals surface area contributed by atoms with Gasteiger partial charge in [-0.25, -0.2) is 4.79 Å². The molecule has 0 bridgehead atoms. The lowest BCUT2D eigenvalue weighted by molar-refractivity contribution is -0.134. The van der Waals surface area contributed by atoms with Crippen LogP contribution in [0.5, 0.6) is 5.75 Å². The first-order valence-electron chi connectivity index (χ1n) is 10.0. The van der Waals surface area contributed by atoms with Crippen molar-refractivity contribution in [1.29, 1.82) is 0 Å². The van der Waals surface area contributed by atoms with Crippen LogP contribution in [0.4, 0.5) is 4.79 Å². The molecule has 2 aliphatic rings. The number of carbonyl (C=O) groups excluding carboxylic acids is 3. The van der Waals surface area contributed by atoms with E-state index >= 15 is 0 Å². The number of carbonyl (C=O) groups is 3. The van der Waals surface area contributed by atoms with Gasteiger partial charge in [-0.05, 0) is 37.5 Å². The SMILES string of the molecule is CCOc1ccc(CN(C)C(=O)CCN2C(=O)NC3(CCCCC3)C2=O)cc1. The zero-order chi connectivity index (χ0) is 20.1. The Morgan fingerprint density at radius 3 is 2.50 bits per heavy atom. The molecule has 4 amide bonds. The average molecular weight is 387 g/mol. The molecule has 2 fully saturated rings. The van der Waals surface area contributed by atoms with Crippen molar-refractivity contribution in [2.75, 3.05) is 20.2 Å². The molecule has 7 nitrogen and oxygen atoms in total. The number of rotatable bonds is 7. The highest BCUT2D eigenvalue weighted by Gasteiger charge is 2.51. The number of nitrogens with zero attached hydrogens (tertiary/aromatic N) is 2. The Bertz CT molecular complexity index is 726. The quantitative estimate of drug-likeness (QED) is 0.730. The maximum atomic E-state index is 12.8. The van der Waals surface area contributed by atoms with E-state index in [0.29, 0.717) is 26.0 Å². The lowest BCUT2D eigenvalue weighted by Crippen LogP contribution is -2.48. The Hall–Kier alpha value is -2.57. The van der Waals surface area contributed by atoms with Crippen LogP contribution in [0.15, 0.2) is 24.3 Å². The largest absolute Gasteiger partial charge is 0.494 e. The van der Waals surface area contributed by atoms with Crippen molar-refractivity contribution < 1.29 is 19.1 Å². The summed E-state index contributed by atoms with van der Waals surface area (Å²) in [4.78, 5) is 40.3. The third kappa shape index (κ3) is 4.29. The molecule has 1 saturated heterocycles. The topological polar surface area (TPSA) is 79.0 Å². The van der Waals surface area contributed by atoms with E-state index in [2.05, 4.69) is 5.32 Å². The minimum Gasteiger partial charge on any atom is -0.494 e. The molecule has 1 N–H and O–H groups in total. The zero-order valence-electron chi connectivity index (χ0n) is 16.7. The predicted octanol–water partition coefficient (Wildman–Crippen LogP) is 2.69. The second kappa shape index (κ2) is 8.63. The molecular formula is C21H29N3O4. The van der Waals surface area contributed by atoms with Gasteiger partial charge >= 0.3 is 6.03 Å². The van der Waals surface area contributed by atoms with Crippen LogP contribution in [0.1, 0.15) is 51.0 Å². The maximum absolute atomic E-state index is 12.8. The summed E-state index contributed by atoms with van der Waals surface area (Å²) in [6.07, 6.45) is 4.51. The molecule has 1 heterocycles. The number of imide groups is 1. The first kappa shape index (κ1) is 20.2. The summed E-state index contributed by atoms with van der Waals surface area (Å²) in [7, 11) is 1.73. The highest BCUT2D eigenvalue weighted by atomic mass is 16.5. The molecule has 1 aromatic carbocycles. The Morgan fingerprint density at radius 1 is 1.18 bits per heavy atom. The Morgan fingerprint density at radius 2 is 1.86 bits per heavy atom. The first-order valence-corrected chi connectivity index (χ1v) is 10.0. The van der Waals surface area contributed by atoms with Gasteiger partial charge in [-0.3, -0.25) is 14.5 Å². The fourth-order valence-electron chi connectivity index (χ4n) is 3.99. The van der Waals surface area contributed by atoms with Crippen molar-refractivity contribution in [2.45, 2.75) is 57.5 Å². The molecule has 1 spiro atoms. The number of hydrogen-bond acceptors (Lipinski definition) is 4. The number of ether oxygens (including phenoxy) is 1. The molecule has 1 saturated carbocycles. The summed E-state index contributed by atoms with van der Waals surface area (Å²) < 4.78 is 5.42. The number of benzene rings is 1. The van der Waals surface area contributed by atoms with Gasteiger partial charge < -0.3 is 15.0 Å². The fourth-order valence-corrected chi connectivity index (χ4v) is 3.99. The van der Waals surface area contributed by atoms with E-state index in [1.54, 1.807) is 11.9 Å². The van der Waals surface area contributed by atoms with Crippen LogP contribution in [0.25, 0.3) is 0 Å². The summed E-state index contributed by atoms with van der Waals surface area (Å²) in [6, 6.07) is 7.26. The minimum absolute atomic E-state index is 0.0981. The van der Waals surface area contributed by atoms with E-state index in [1.807, 2.05) is 31.2 Å². The van der Waals surface area contributed by atoms with Crippen LogP contribution >= 0.6 is 0 Å². The third-order valence-electron chi connectivity index (χ3n) is 5.58. The van der Waals surface area contributed by atoms with E-state index in [4.69, 9.17) is 4.74 Å². The molecule has 152 valence electrons. The van der Waals surface area contributed by atoms with E-state index in [9.17, 15) is 14.4 Å². The molecule has 1 aliphatic carbocycles. The Kier molecular flexibility index (Phi) is 6.21. The van der Waals surface area contributed by atoms with E-state index in [0.717, 1.165) is 30.6 Å². The van der Waals surface area contributed by atoms with Gasteiger partial charge in [-0.15, -0.1) is 0 Å². The molecule has 0 aromatic heterocycles. The molecule has 0 radical (unpaired) electrons. The average Bonchev–Trinajstić information content (AvgIpc) is 2.91. The Labute approximate surface area is 166 Å². The van der Waals surface area contributed by atoms with Crippen molar-refractivity contribution in [3.8, 4) is 5.75 Å². The smallest absolute Gasteiger partial charge is 0.325 e. The Balaban J connectivity index is 1.51. The van der Waals surface area contributed by atoms with Crippen LogP contribution in [-0.2, 0) is 16.1 Å². The molecule has 0 unspecified atom stereocenters. The van der Waals surface area contributed by atoms with Gasteiger partial charge in [-0.1, -0.05) is 31.4 Å². The molecule has 28 heavy (non-hydrogen) atoms. The van der Waals surface area contributed by atoms with Crippen molar-refractivity contribution in [1.82, 2.24) is 15.1 Å². The number of amides is 4.